The van der Waals surface area contributed by atoms with E-state index in [4.69, 9.17) is 25.3 Å². The molecule has 2 atom stereocenters. The van der Waals surface area contributed by atoms with Crippen molar-refractivity contribution in [2.45, 2.75) is 34.2 Å². The Bertz CT molecular complexity index is 1300. The Hall–Kier alpha value is -3.01. The van der Waals surface area contributed by atoms with E-state index >= 15 is 0 Å². The molecule has 4 aromatic rings. The number of alkyl halides is 6. The fourth-order valence-corrected chi connectivity index (χ4v) is 4.47. The molecular formula is C28H18F6N2NiS2-4. The van der Waals surface area contributed by atoms with E-state index in [1.807, 2.05) is 0 Å². The van der Waals surface area contributed by atoms with Crippen molar-refractivity contribution in [1.82, 2.24) is 0 Å². The van der Waals surface area contributed by atoms with Crippen LogP contribution in [0, 0.1) is 0 Å². The van der Waals surface area contributed by atoms with Gasteiger partial charge in [0, 0.05) is 16.5 Å². The van der Waals surface area contributed by atoms with Crippen LogP contribution in [0.25, 0.3) is 10.6 Å². The van der Waals surface area contributed by atoms with Gasteiger partial charge in [-0.1, -0.05) is 96.1 Å². The maximum Gasteiger partial charge on any atom is 0.416 e. The molecule has 2 unspecified atom stereocenters. The first-order valence-electron chi connectivity index (χ1n) is 11.2. The number of rotatable bonds is 7. The second-order valence-electron chi connectivity index (χ2n) is 8.25. The van der Waals surface area contributed by atoms with E-state index in [0.717, 1.165) is 12.1 Å². The zero-order chi connectivity index (χ0) is 27.5. The van der Waals surface area contributed by atoms with Crippen LogP contribution in [0.1, 0.15) is 34.3 Å². The molecule has 0 heterocycles. The summed E-state index contributed by atoms with van der Waals surface area (Å²) >= 11 is 10.6. The van der Waals surface area contributed by atoms with Gasteiger partial charge in [0.2, 0.25) is 0 Å². The summed E-state index contributed by atoms with van der Waals surface area (Å²) in [5.41, 5.74) is -2.45. The van der Waals surface area contributed by atoms with Gasteiger partial charge in [0.15, 0.2) is 0 Å². The fraction of sp³-hybridized carbons (Fsp3) is 0.143. The minimum absolute atomic E-state index is 0. The van der Waals surface area contributed by atoms with E-state index in [0.29, 0.717) is 0 Å². The third-order valence-corrected chi connectivity index (χ3v) is 6.45. The van der Waals surface area contributed by atoms with E-state index in [1.54, 1.807) is 24.3 Å². The summed E-state index contributed by atoms with van der Waals surface area (Å²) in [6, 6.07) is 18.7. The van der Waals surface area contributed by atoms with Gasteiger partial charge in [-0.25, -0.2) is 0 Å². The van der Waals surface area contributed by atoms with Gasteiger partial charge in [-0.15, -0.1) is 12.1 Å². The van der Waals surface area contributed by atoms with Crippen molar-refractivity contribution in [2.75, 3.05) is 0 Å². The van der Waals surface area contributed by atoms with Crippen molar-refractivity contribution in [3.8, 4) is 0 Å². The van der Waals surface area contributed by atoms with Crippen molar-refractivity contribution in [1.29, 1.82) is 0 Å². The van der Waals surface area contributed by atoms with Gasteiger partial charge in [0.25, 0.3) is 0 Å². The molecule has 0 saturated heterocycles. The SMILES string of the molecule is FC(F)(F)c1ccccc1C([N-]c1ccccc1[S-])C([N-]c1ccccc1[S-])c1ccccc1C(F)(F)F.[Ni]. The van der Waals surface area contributed by atoms with E-state index in [-0.39, 0.29) is 48.8 Å². The number of hydrogen-bond donors (Lipinski definition) is 0. The van der Waals surface area contributed by atoms with Crippen LogP contribution in [-0.4, -0.2) is 0 Å². The minimum Gasteiger partial charge on any atom is -0.781 e. The monoisotopic (exact) mass is 618 g/mol. The molecule has 0 N–H and O–H groups in total. The molecule has 0 amide bonds. The standard InChI is InChI=1S/C28H20F6N2S2.Ni/c29-27(30,31)19-11-3-1-9-17(19)25(35-21-13-5-7-15-23(21)37)26(36-22-14-6-8-16-24(22)38)18-10-2-4-12-20(18)28(32,33)34;/h1-16,25-26,37-38H;/q-2;/p-2. The molecular weight excluding hydrogens is 601 g/mol. The van der Waals surface area contributed by atoms with Gasteiger partial charge in [0.05, 0.1) is 11.1 Å². The molecule has 11 heteroatoms. The van der Waals surface area contributed by atoms with E-state index in [1.165, 1.54) is 60.7 Å². The summed E-state index contributed by atoms with van der Waals surface area (Å²) in [6.45, 7) is 0. The fourth-order valence-electron chi connectivity index (χ4n) is 4.07. The Morgan fingerprint density at radius 2 is 0.795 bits per heavy atom. The van der Waals surface area contributed by atoms with Gasteiger partial charge in [-0.3, -0.25) is 0 Å². The average molecular weight is 619 g/mol. The maximum atomic E-state index is 14.2. The van der Waals surface area contributed by atoms with Crippen LogP contribution in [0.15, 0.2) is 107 Å². The molecule has 0 saturated carbocycles. The second kappa shape index (κ2) is 12.4. The van der Waals surface area contributed by atoms with Gasteiger partial charge in [0.1, 0.15) is 0 Å². The third kappa shape index (κ3) is 7.15. The van der Waals surface area contributed by atoms with Gasteiger partial charge >= 0.3 is 12.4 Å². The number of benzene rings is 4. The van der Waals surface area contributed by atoms with Gasteiger partial charge in [-0.05, 0) is 12.1 Å². The van der Waals surface area contributed by atoms with E-state index in [2.05, 4.69) is 10.6 Å². The number of para-hydroxylation sites is 2. The summed E-state index contributed by atoms with van der Waals surface area (Å²) in [4.78, 5) is 0.460. The molecule has 0 fully saturated rings. The molecule has 208 valence electrons. The molecule has 0 aliphatic carbocycles. The van der Waals surface area contributed by atoms with Crippen LogP contribution in [0.2, 0.25) is 0 Å². The summed E-state index contributed by atoms with van der Waals surface area (Å²) < 4.78 is 85.0. The van der Waals surface area contributed by atoms with Crippen LogP contribution in [0.4, 0.5) is 37.7 Å². The van der Waals surface area contributed by atoms with Crippen LogP contribution >= 0.6 is 0 Å². The molecule has 0 aromatic heterocycles. The normalized spacial score (nSPS) is 13.2. The van der Waals surface area contributed by atoms with Crippen LogP contribution in [0.3, 0.4) is 0 Å². The Balaban J connectivity index is 0.00000420. The molecule has 0 aliphatic heterocycles. The van der Waals surface area contributed by atoms with Crippen LogP contribution < -0.4 is 0 Å². The number of nitrogens with zero attached hydrogens (tertiary/aromatic N) is 2. The van der Waals surface area contributed by atoms with E-state index in [9.17, 15) is 26.3 Å². The Morgan fingerprint density at radius 3 is 1.13 bits per heavy atom. The van der Waals surface area contributed by atoms with Crippen molar-refractivity contribution in [2.24, 2.45) is 0 Å². The van der Waals surface area contributed by atoms with E-state index < -0.39 is 35.6 Å². The first-order chi connectivity index (χ1) is 18.0. The third-order valence-electron chi connectivity index (χ3n) is 5.76. The number of halogens is 6. The smallest absolute Gasteiger partial charge is 0.416 e. The summed E-state index contributed by atoms with van der Waals surface area (Å²) in [6.07, 6.45) is -9.61. The van der Waals surface area contributed by atoms with Crippen LogP contribution in [0.5, 0.6) is 0 Å². The van der Waals surface area contributed by atoms with Crippen LogP contribution in [-0.2, 0) is 54.1 Å². The summed E-state index contributed by atoms with van der Waals surface area (Å²) in [5, 5.41) is 9.06. The molecule has 4 rings (SSSR count). The first-order valence-corrected chi connectivity index (χ1v) is 12.0. The zero-order valence-corrected chi connectivity index (χ0v) is 22.3. The van der Waals surface area contributed by atoms with Gasteiger partial charge < -0.3 is 35.9 Å². The quantitative estimate of drug-likeness (QED) is 0.117. The largest absolute Gasteiger partial charge is 0.781 e. The minimum atomic E-state index is -4.80. The topological polar surface area (TPSA) is 28.2 Å². The Morgan fingerprint density at radius 1 is 0.487 bits per heavy atom. The van der Waals surface area contributed by atoms with Crippen molar-refractivity contribution in [3.63, 3.8) is 0 Å². The summed E-state index contributed by atoms with van der Waals surface area (Å²) in [5.74, 6) is 0. The molecule has 4 aromatic carbocycles. The molecule has 2 nitrogen and oxygen atoms in total. The molecule has 0 bridgehead atoms. The maximum absolute atomic E-state index is 14.2. The second-order valence-corrected chi connectivity index (χ2v) is 9.13. The first kappa shape index (κ1) is 30.5. The average Bonchev–Trinajstić information content (AvgIpc) is 2.87. The van der Waals surface area contributed by atoms with Gasteiger partial charge in [-0.2, -0.15) is 47.5 Å². The molecule has 0 spiro atoms. The number of hydrogen-bond acceptors (Lipinski definition) is 2. The predicted octanol–water partition coefficient (Wildman–Crippen LogP) is 9.73. The molecule has 0 aliphatic rings. The zero-order valence-electron chi connectivity index (χ0n) is 19.7. The predicted molar refractivity (Wildman–Crippen MR) is 139 cm³/mol. The van der Waals surface area contributed by atoms with Crippen molar-refractivity contribution in [3.05, 3.63) is 130 Å². The van der Waals surface area contributed by atoms with Crippen molar-refractivity contribution < 1.29 is 42.8 Å². The van der Waals surface area contributed by atoms with Crippen molar-refractivity contribution >= 4 is 36.6 Å². The molecule has 39 heavy (non-hydrogen) atoms. The Kier molecular flexibility index (Phi) is 9.75. The Labute approximate surface area is 243 Å². The summed E-state index contributed by atoms with van der Waals surface area (Å²) in [7, 11) is 0. The molecule has 0 radical (unpaired) electrons.